The van der Waals surface area contributed by atoms with E-state index in [0.29, 0.717) is 16.8 Å². The van der Waals surface area contributed by atoms with Gasteiger partial charge in [0, 0.05) is 11.7 Å². The number of hydrogen-bond donors (Lipinski definition) is 2. The maximum Gasteiger partial charge on any atom is 0.0656 e. The molecule has 3 heteroatoms. The van der Waals surface area contributed by atoms with Crippen molar-refractivity contribution in [3.05, 3.63) is 22.7 Å². The van der Waals surface area contributed by atoms with Gasteiger partial charge < -0.3 is 11.1 Å². The number of rotatable bonds is 5. The molecular weight excluding hydrogens is 232 g/mol. The average molecular weight is 255 g/mol. The smallest absolute Gasteiger partial charge is 0.0656 e. The van der Waals surface area contributed by atoms with Crippen molar-refractivity contribution in [1.29, 1.82) is 0 Å². The van der Waals surface area contributed by atoms with Crippen LogP contribution < -0.4 is 11.1 Å². The zero-order valence-corrected chi connectivity index (χ0v) is 11.9. The monoisotopic (exact) mass is 254 g/mol. The molecule has 0 aliphatic rings. The lowest BCUT2D eigenvalue weighted by Crippen LogP contribution is -2.16. The molecule has 2 nitrogen and oxygen atoms in total. The fourth-order valence-electron chi connectivity index (χ4n) is 1.78. The SMILES string of the molecule is Cc1cc(N)c(Cl)cc1NC(C)CCC(C)C. The van der Waals surface area contributed by atoms with Crippen LogP contribution in [0, 0.1) is 12.8 Å². The Morgan fingerprint density at radius 2 is 1.88 bits per heavy atom. The number of halogens is 1. The van der Waals surface area contributed by atoms with Gasteiger partial charge in [-0.25, -0.2) is 0 Å². The van der Waals surface area contributed by atoms with Crippen molar-refractivity contribution in [2.45, 2.75) is 46.6 Å². The fraction of sp³-hybridized carbons (Fsp3) is 0.571. The molecule has 0 spiro atoms. The fourth-order valence-corrected chi connectivity index (χ4v) is 1.94. The molecule has 0 amide bonds. The first-order valence-corrected chi connectivity index (χ1v) is 6.60. The van der Waals surface area contributed by atoms with Crippen molar-refractivity contribution in [2.75, 3.05) is 11.1 Å². The maximum atomic E-state index is 6.03. The molecule has 17 heavy (non-hydrogen) atoms. The number of nitrogen functional groups attached to an aromatic ring is 1. The predicted molar refractivity (Wildman–Crippen MR) is 77.8 cm³/mol. The van der Waals surface area contributed by atoms with E-state index in [-0.39, 0.29) is 0 Å². The summed E-state index contributed by atoms with van der Waals surface area (Å²) in [5.41, 5.74) is 8.63. The zero-order chi connectivity index (χ0) is 13.0. The first-order valence-electron chi connectivity index (χ1n) is 6.22. The van der Waals surface area contributed by atoms with Crippen molar-refractivity contribution in [2.24, 2.45) is 5.92 Å². The normalized spacial score (nSPS) is 12.8. The Morgan fingerprint density at radius 3 is 2.47 bits per heavy atom. The molecule has 0 radical (unpaired) electrons. The van der Waals surface area contributed by atoms with Crippen LogP contribution >= 0.6 is 11.6 Å². The van der Waals surface area contributed by atoms with Crippen LogP contribution in [0.5, 0.6) is 0 Å². The van der Waals surface area contributed by atoms with Gasteiger partial charge in [-0.1, -0.05) is 25.4 Å². The molecule has 0 heterocycles. The minimum Gasteiger partial charge on any atom is -0.398 e. The van der Waals surface area contributed by atoms with E-state index < -0.39 is 0 Å². The highest BCUT2D eigenvalue weighted by atomic mass is 35.5. The molecule has 1 rings (SSSR count). The summed E-state index contributed by atoms with van der Waals surface area (Å²) in [4.78, 5) is 0. The topological polar surface area (TPSA) is 38.0 Å². The highest BCUT2D eigenvalue weighted by molar-refractivity contribution is 6.33. The third kappa shape index (κ3) is 4.47. The van der Waals surface area contributed by atoms with Gasteiger partial charge in [0.05, 0.1) is 10.7 Å². The molecule has 0 saturated heterocycles. The molecule has 0 aromatic heterocycles. The lowest BCUT2D eigenvalue weighted by atomic mass is 10.0. The number of anilines is 2. The molecule has 0 fully saturated rings. The van der Waals surface area contributed by atoms with Gasteiger partial charge in [0.15, 0.2) is 0 Å². The molecule has 1 aromatic rings. The van der Waals surface area contributed by atoms with Crippen molar-refractivity contribution in [3.63, 3.8) is 0 Å². The lowest BCUT2D eigenvalue weighted by molar-refractivity contribution is 0.527. The van der Waals surface area contributed by atoms with E-state index in [1.54, 1.807) is 0 Å². The Kier molecular flexibility index (Phi) is 5.13. The third-order valence-corrected chi connectivity index (χ3v) is 3.25. The summed E-state index contributed by atoms with van der Waals surface area (Å²) in [6, 6.07) is 4.29. The highest BCUT2D eigenvalue weighted by Gasteiger charge is 2.07. The average Bonchev–Trinajstić information content (AvgIpc) is 2.23. The number of nitrogens with two attached hydrogens (primary N) is 1. The van der Waals surface area contributed by atoms with Crippen molar-refractivity contribution in [1.82, 2.24) is 0 Å². The Labute approximate surface area is 110 Å². The number of benzene rings is 1. The summed E-state index contributed by atoms with van der Waals surface area (Å²) >= 11 is 6.03. The van der Waals surface area contributed by atoms with Gasteiger partial charge in [0.2, 0.25) is 0 Å². The molecule has 0 aliphatic heterocycles. The lowest BCUT2D eigenvalue weighted by Gasteiger charge is -2.18. The molecule has 96 valence electrons. The molecule has 3 N–H and O–H groups in total. The second kappa shape index (κ2) is 6.15. The molecule has 1 aromatic carbocycles. The minimum absolute atomic E-state index is 0.454. The van der Waals surface area contributed by atoms with Crippen molar-refractivity contribution < 1.29 is 0 Å². The molecule has 0 bridgehead atoms. The number of hydrogen-bond acceptors (Lipinski definition) is 2. The van der Waals surface area contributed by atoms with Gasteiger partial charge >= 0.3 is 0 Å². The predicted octanol–water partition coefficient (Wildman–Crippen LogP) is 4.47. The minimum atomic E-state index is 0.454. The van der Waals surface area contributed by atoms with Gasteiger partial charge in [-0.15, -0.1) is 0 Å². The first-order chi connectivity index (χ1) is 7.90. The summed E-state index contributed by atoms with van der Waals surface area (Å²) in [5.74, 6) is 0.746. The van der Waals surface area contributed by atoms with Crippen molar-refractivity contribution in [3.8, 4) is 0 Å². The summed E-state index contributed by atoms with van der Waals surface area (Å²) < 4.78 is 0. The molecular formula is C14H23ClN2. The molecule has 0 aliphatic carbocycles. The van der Waals surface area contributed by atoms with Crippen LogP contribution in [-0.2, 0) is 0 Å². The molecule has 0 saturated carbocycles. The van der Waals surface area contributed by atoms with Crippen LogP contribution in [0.25, 0.3) is 0 Å². The van der Waals surface area contributed by atoms with Gasteiger partial charge in [-0.05, 0) is 50.3 Å². The van der Waals surface area contributed by atoms with Crippen LogP contribution in [0.4, 0.5) is 11.4 Å². The van der Waals surface area contributed by atoms with E-state index in [0.717, 1.165) is 17.2 Å². The third-order valence-electron chi connectivity index (χ3n) is 2.92. The van der Waals surface area contributed by atoms with Crippen LogP contribution in [0.3, 0.4) is 0 Å². The number of aryl methyl sites for hydroxylation is 1. The quantitative estimate of drug-likeness (QED) is 0.761. The largest absolute Gasteiger partial charge is 0.398 e. The Balaban J connectivity index is 2.65. The second-order valence-electron chi connectivity index (χ2n) is 5.21. The highest BCUT2D eigenvalue weighted by Crippen LogP contribution is 2.27. The summed E-state index contributed by atoms with van der Waals surface area (Å²) in [6.45, 7) is 8.74. The summed E-state index contributed by atoms with van der Waals surface area (Å²) in [6.07, 6.45) is 2.40. The van der Waals surface area contributed by atoms with Gasteiger partial charge in [0.1, 0.15) is 0 Å². The van der Waals surface area contributed by atoms with Crippen LogP contribution in [-0.4, -0.2) is 6.04 Å². The van der Waals surface area contributed by atoms with Crippen LogP contribution in [0.2, 0.25) is 5.02 Å². The summed E-state index contributed by atoms with van der Waals surface area (Å²) in [5, 5.41) is 4.11. The van der Waals surface area contributed by atoms with Crippen molar-refractivity contribution >= 4 is 23.0 Å². The molecule has 1 unspecified atom stereocenters. The van der Waals surface area contributed by atoms with E-state index >= 15 is 0 Å². The van der Waals surface area contributed by atoms with Gasteiger partial charge in [-0.2, -0.15) is 0 Å². The van der Waals surface area contributed by atoms with Gasteiger partial charge in [-0.3, -0.25) is 0 Å². The summed E-state index contributed by atoms with van der Waals surface area (Å²) in [7, 11) is 0. The van der Waals surface area contributed by atoms with E-state index in [1.165, 1.54) is 12.8 Å². The van der Waals surface area contributed by atoms with E-state index in [4.69, 9.17) is 17.3 Å². The van der Waals surface area contributed by atoms with E-state index in [9.17, 15) is 0 Å². The van der Waals surface area contributed by atoms with E-state index in [2.05, 4.69) is 26.1 Å². The van der Waals surface area contributed by atoms with Crippen LogP contribution in [0.1, 0.15) is 39.2 Å². The first kappa shape index (κ1) is 14.2. The van der Waals surface area contributed by atoms with Gasteiger partial charge in [0.25, 0.3) is 0 Å². The van der Waals surface area contributed by atoms with E-state index in [1.807, 2.05) is 19.1 Å². The zero-order valence-electron chi connectivity index (χ0n) is 11.2. The number of nitrogens with one attached hydrogen (secondary N) is 1. The maximum absolute atomic E-state index is 6.03. The second-order valence-corrected chi connectivity index (χ2v) is 5.61. The Bertz CT molecular complexity index is 375. The standard InChI is InChI=1S/C14H23ClN2/c1-9(2)5-6-11(4)17-14-8-12(15)13(16)7-10(14)3/h7-9,11,17H,5-6,16H2,1-4H3. The Morgan fingerprint density at radius 1 is 1.24 bits per heavy atom. The molecule has 1 atom stereocenters. The Hall–Kier alpha value is -0.890. The van der Waals surface area contributed by atoms with Crippen LogP contribution in [0.15, 0.2) is 12.1 Å².